The molecule has 1 aliphatic rings. The van der Waals surface area contributed by atoms with E-state index in [0.717, 1.165) is 32.2 Å². The lowest BCUT2D eigenvalue weighted by atomic mass is 9.82. The van der Waals surface area contributed by atoms with E-state index in [1.165, 1.54) is 0 Å². The highest BCUT2D eigenvalue weighted by Crippen LogP contribution is 2.27. The van der Waals surface area contributed by atoms with Gasteiger partial charge in [0.25, 0.3) is 0 Å². The molecule has 0 aromatic carbocycles. The molecule has 1 amide bonds. The monoisotopic (exact) mass is 156 g/mol. The van der Waals surface area contributed by atoms with Crippen molar-refractivity contribution >= 4 is 5.91 Å². The highest BCUT2D eigenvalue weighted by molar-refractivity contribution is 5.76. The number of carbonyl (C=O) groups is 1. The molecule has 0 heterocycles. The van der Waals surface area contributed by atoms with Gasteiger partial charge in [-0.25, -0.2) is 0 Å². The van der Waals surface area contributed by atoms with Gasteiger partial charge in [-0.3, -0.25) is 4.79 Å². The van der Waals surface area contributed by atoms with Gasteiger partial charge in [-0.05, 0) is 38.1 Å². The number of rotatable bonds is 2. The summed E-state index contributed by atoms with van der Waals surface area (Å²) in [5.41, 5.74) is 10.7. The van der Waals surface area contributed by atoms with E-state index in [-0.39, 0.29) is 11.8 Å². The number of hydrogen-bond acceptors (Lipinski definition) is 2. The SMILES string of the molecule is NC[C@H]1CC[C@H](C(N)=O)CC1. The van der Waals surface area contributed by atoms with E-state index in [0.29, 0.717) is 5.92 Å². The largest absolute Gasteiger partial charge is 0.369 e. The fourth-order valence-corrected chi connectivity index (χ4v) is 1.68. The van der Waals surface area contributed by atoms with Crippen LogP contribution in [0.5, 0.6) is 0 Å². The van der Waals surface area contributed by atoms with Crippen molar-refractivity contribution in [2.45, 2.75) is 25.7 Å². The molecule has 0 aromatic heterocycles. The minimum atomic E-state index is -0.138. The first kappa shape index (κ1) is 8.53. The van der Waals surface area contributed by atoms with E-state index in [9.17, 15) is 4.79 Å². The summed E-state index contributed by atoms with van der Waals surface area (Å²) in [6.45, 7) is 0.755. The summed E-state index contributed by atoms with van der Waals surface area (Å²) in [5, 5.41) is 0. The Hall–Kier alpha value is -0.570. The molecule has 0 aromatic rings. The van der Waals surface area contributed by atoms with Crippen LogP contribution in [0.4, 0.5) is 0 Å². The Balaban J connectivity index is 2.30. The maximum Gasteiger partial charge on any atom is 0.220 e. The molecule has 0 radical (unpaired) electrons. The Bertz CT molecular complexity index is 139. The zero-order chi connectivity index (χ0) is 8.27. The van der Waals surface area contributed by atoms with E-state index < -0.39 is 0 Å². The van der Waals surface area contributed by atoms with Gasteiger partial charge in [0.1, 0.15) is 0 Å². The van der Waals surface area contributed by atoms with Crippen LogP contribution in [-0.4, -0.2) is 12.5 Å². The average molecular weight is 156 g/mol. The molecule has 3 nitrogen and oxygen atoms in total. The molecule has 1 fully saturated rings. The standard InChI is InChI=1S/C8H16N2O/c9-5-6-1-3-7(4-2-6)8(10)11/h6-7H,1-5,9H2,(H2,10,11)/t6-,7-. The molecule has 0 unspecified atom stereocenters. The Morgan fingerprint density at radius 3 is 2.18 bits per heavy atom. The zero-order valence-electron chi connectivity index (χ0n) is 6.75. The van der Waals surface area contributed by atoms with E-state index in [1.807, 2.05) is 0 Å². The maximum absolute atomic E-state index is 10.7. The van der Waals surface area contributed by atoms with Crippen LogP contribution in [0.2, 0.25) is 0 Å². The predicted molar refractivity (Wildman–Crippen MR) is 43.7 cm³/mol. The first-order valence-corrected chi connectivity index (χ1v) is 4.23. The van der Waals surface area contributed by atoms with Gasteiger partial charge in [0.2, 0.25) is 5.91 Å². The second kappa shape index (κ2) is 3.72. The van der Waals surface area contributed by atoms with Gasteiger partial charge in [0, 0.05) is 5.92 Å². The van der Waals surface area contributed by atoms with Crippen LogP contribution in [0.3, 0.4) is 0 Å². The van der Waals surface area contributed by atoms with Crippen molar-refractivity contribution in [3.63, 3.8) is 0 Å². The van der Waals surface area contributed by atoms with Crippen molar-refractivity contribution in [3.8, 4) is 0 Å². The minimum Gasteiger partial charge on any atom is -0.369 e. The van der Waals surface area contributed by atoms with Crippen molar-refractivity contribution in [2.24, 2.45) is 23.3 Å². The zero-order valence-corrected chi connectivity index (χ0v) is 6.75. The Labute approximate surface area is 67.1 Å². The van der Waals surface area contributed by atoms with Gasteiger partial charge in [-0.15, -0.1) is 0 Å². The van der Waals surface area contributed by atoms with E-state index in [4.69, 9.17) is 11.5 Å². The molecule has 0 spiro atoms. The van der Waals surface area contributed by atoms with Gasteiger partial charge >= 0.3 is 0 Å². The Morgan fingerprint density at radius 1 is 1.27 bits per heavy atom. The van der Waals surface area contributed by atoms with Crippen molar-refractivity contribution in [1.82, 2.24) is 0 Å². The molecule has 1 rings (SSSR count). The molecule has 0 atom stereocenters. The van der Waals surface area contributed by atoms with Gasteiger partial charge < -0.3 is 11.5 Å². The smallest absolute Gasteiger partial charge is 0.220 e. The van der Waals surface area contributed by atoms with Crippen molar-refractivity contribution in [2.75, 3.05) is 6.54 Å². The van der Waals surface area contributed by atoms with Gasteiger partial charge in [0.15, 0.2) is 0 Å². The quantitative estimate of drug-likeness (QED) is 0.601. The number of carbonyl (C=O) groups excluding carboxylic acids is 1. The van der Waals surface area contributed by atoms with Gasteiger partial charge in [0.05, 0.1) is 0 Å². The van der Waals surface area contributed by atoms with Crippen molar-refractivity contribution in [1.29, 1.82) is 0 Å². The fourth-order valence-electron chi connectivity index (χ4n) is 1.68. The van der Waals surface area contributed by atoms with Gasteiger partial charge in [-0.1, -0.05) is 0 Å². The molecule has 0 bridgehead atoms. The molecule has 3 heteroatoms. The third-order valence-electron chi connectivity index (χ3n) is 2.58. The van der Waals surface area contributed by atoms with Crippen LogP contribution in [0.1, 0.15) is 25.7 Å². The van der Waals surface area contributed by atoms with Crippen LogP contribution in [0, 0.1) is 11.8 Å². The first-order valence-electron chi connectivity index (χ1n) is 4.23. The van der Waals surface area contributed by atoms with Crippen LogP contribution in [0.15, 0.2) is 0 Å². The predicted octanol–water partition coefficient (Wildman–Crippen LogP) is 0.237. The molecule has 1 aliphatic carbocycles. The second-order valence-corrected chi connectivity index (χ2v) is 3.36. The normalized spacial score (nSPS) is 31.7. The van der Waals surface area contributed by atoms with Crippen LogP contribution in [-0.2, 0) is 4.79 Å². The molecule has 11 heavy (non-hydrogen) atoms. The fraction of sp³-hybridized carbons (Fsp3) is 0.875. The molecule has 0 aliphatic heterocycles. The number of hydrogen-bond donors (Lipinski definition) is 2. The third-order valence-corrected chi connectivity index (χ3v) is 2.58. The summed E-state index contributed by atoms with van der Waals surface area (Å²) in [6, 6.07) is 0. The van der Waals surface area contributed by atoms with Gasteiger partial charge in [-0.2, -0.15) is 0 Å². The molecule has 64 valence electrons. The first-order chi connectivity index (χ1) is 5.24. The molecular formula is C8H16N2O. The molecule has 4 N–H and O–H groups in total. The summed E-state index contributed by atoms with van der Waals surface area (Å²) in [7, 11) is 0. The van der Waals surface area contributed by atoms with E-state index in [1.54, 1.807) is 0 Å². The highest BCUT2D eigenvalue weighted by atomic mass is 16.1. The topological polar surface area (TPSA) is 69.1 Å². The summed E-state index contributed by atoms with van der Waals surface area (Å²) in [4.78, 5) is 10.7. The number of primary amides is 1. The van der Waals surface area contributed by atoms with Crippen molar-refractivity contribution < 1.29 is 4.79 Å². The van der Waals surface area contributed by atoms with E-state index in [2.05, 4.69) is 0 Å². The molecular weight excluding hydrogens is 140 g/mol. The van der Waals surface area contributed by atoms with Crippen LogP contribution >= 0.6 is 0 Å². The highest BCUT2D eigenvalue weighted by Gasteiger charge is 2.23. The Morgan fingerprint density at radius 2 is 1.82 bits per heavy atom. The second-order valence-electron chi connectivity index (χ2n) is 3.36. The average Bonchev–Trinajstić information content (AvgIpc) is 2.05. The molecule has 1 saturated carbocycles. The number of amides is 1. The summed E-state index contributed by atoms with van der Waals surface area (Å²) >= 11 is 0. The lowest BCUT2D eigenvalue weighted by Gasteiger charge is -2.25. The van der Waals surface area contributed by atoms with Crippen LogP contribution in [0.25, 0.3) is 0 Å². The maximum atomic E-state index is 10.7. The number of nitrogens with two attached hydrogens (primary N) is 2. The molecule has 0 saturated heterocycles. The summed E-state index contributed by atoms with van der Waals surface area (Å²) in [6.07, 6.45) is 4.03. The Kier molecular flexibility index (Phi) is 2.88. The van der Waals surface area contributed by atoms with Crippen LogP contribution < -0.4 is 11.5 Å². The van der Waals surface area contributed by atoms with Crippen molar-refractivity contribution in [3.05, 3.63) is 0 Å². The summed E-state index contributed by atoms with van der Waals surface area (Å²) < 4.78 is 0. The minimum absolute atomic E-state index is 0.123. The lowest BCUT2D eigenvalue weighted by Crippen LogP contribution is -2.29. The lowest BCUT2D eigenvalue weighted by molar-refractivity contribution is -0.122. The third kappa shape index (κ3) is 2.19. The summed E-state index contributed by atoms with van der Waals surface area (Å²) in [5.74, 6) is 0.615. The van der Waals surface area contributed by atoms with E-state index >= 15 is 0 Å².